The molecule has 0 bridgehead atoms. The first-order valence-electron chi connectivity index (χ1n) is 1.18. The second kappa shape index (κ2) is 91.7. The van der Waals surface area contributed by atoms with Gasteiger partial charge in [0, 0.05) is 29.4 Å². The maximum Gasteiger partial charge on any atom is 0 e. The molecule has 0 amide bonds. The molecule has 0 aliphatic rings. The summed E-state index contributed by atoms with van der Waals surface area (Å²) in [6, 6.07) is 0. The van der Waals surface area contributed by atoms with E-state index in [0.29, 0.717) is 0 Å². The van der Waals surface area contributed by atoms with Gasteiger partial charge in [-0.25, -0.2) is 0 Å². The summed E-state index contributed by atoms with van der Waals surface area (Å²) in [6.07, 6.45) is 0. The standard InChI is InChI=1S/3CO.Co.F3HP/c3*1-2;;1-4(2)3/h;;;;4H/q;;;;+1. The number of rotatable bonds is 0. The van der Waals surface area contributed by atoms with Crippen molar-refractivity contribution >= 4 is 8.85 Å². The number of hydrogen-bond acceptors (Lipinski definition) is 0. The van der Waals surface area contributed by atoms with E-state index < -0.39 is 8.85 Å². The van der Waals surface area contributed by atoms with Gasteiger partial charge in [0.15, 0.2) is 0 Å². The zero-order valence-electron chi connectivity index (χ0n) is 4.69. The van der Waals surface area contributed by atoms with E-state index >= 15 is 0 Å². The molecule has 0 aliphatic carbocycles. The molecular formula is C3HCoF3O3P+. The molecule has 0 saturated carbocycles. The van der Waals surface area contributed by atoms with Gasteiger partial charge in [0.05, 0.1) is 0 Å². The topological polar surface area (TPSA) is 59.7 Å². The second-order valence-corrected chi connectivity index (χ2v) is 0.643. The van der Waals surface area contributed by atoms with Crippen molar-refractivity contribution in [3.63, 3.8) is 0 Å². The molecule has 0 rings (SSSR count). The molecular weight excluding hydrogens is 231 g/mol. The molecule has 3 nitrogen and oxygen atoms in total. The van der Waals surface area contributed by atoms with Gasteiger partial charge in [-0.05, 0) is 0 Å². The average molecular weight is 232 g/mol. The van der Waals surface area contributed by atoms with Crippen molar-refractivity contribution < 1.29 is 43.3 Å². The molecule has 0 saturated heterocycles. The molecule has 0 spiro atoms. The van der Waals surface area contributed by atoms with Gasteiger partial charge in [0.2, 0.25) is 0 Å². The van der Waals surface area contributed by atoms with Gasteiger partial charge in [-0.1, -0.05) is 0 Å². The summed E-state index contributed by atoms with van der Waals surface area (Å²) in [6.45, 7) is 13.5. The smallest absolute Gasteiger partial charge is 0 e. The maximum absolute atomic E-state index is 9.77. The SMILES string of the molecule is F[PH+](F)F.[C-]#[O+].[C-]#[O+].[C-]#[O+].[Co]. The predicted molar refractivity (Wildman–Crippen MR) is 23.4 cm³/mol. The second-order valence-electron chi connectivity index (χ2n) is 0.214. The molecule has 8 heteroatoms. The van der Waals surface area contributed by atoms with Crippen LogP contribution in [0.5, 0.6) is 0 Å². The molecule has 11 heavy (non-hydrogen) atoms. The Balaban J connectivity index is -0.0000000152. The van der Waals surface area contributed by atoms with Crippen LogP contribution in [-0.4, -0.2) is 0 Å². The largest absolute Gasteiger partial charge is 0 e. The van der Waals surface area contributed by atoms with Crippen molar-refractivity contribution in [1.29, 1.82) is 0 Å². The zero-order chi connectivity index (χ0) is 9.58. The van der Waals surface area contributed by atoms with Crippen molar-refractivity contribution in [2.45, 2.75) is 0 Å². The van der Waals surface area contributed by atoms with Crippen LogP contribution in [0.1, 0.15) is 0 Å². The Morgan fingerprint density at radius 1 is 0.727 bits per heavy atom. The molecule has 0 aliphatic heterocycles. The summed E-state index contributed by atoms with van der Waals surface area (Å²) < 4.78 is 51.8. The number of halogens is 3. The summed E-state index contributed by atoms with van der Waals surface area (Å²) in [5, 5.41) is 0. The summed E-state index contributed by atoms with van der Waals surface area (Å²) in [5.74, 6) is 0. The molecule has 65 valence electrons. The third kappa shape index (κ3) is 219000. The summed E-state index contributed by atoms with van der Waals surface area (Å²) in [7, 11) is -4.38. The van der Waals surface area contributed by atoms with Crippen molar-refractivity contribution in [3.8, 4) is 0 Å². The van der Waals surface area contributed by atoms with Crippen LogP contribution >= 0.6 is 8.85 Å². The fourth-order valence-electron chi connectivity index (χ4n) is 0. The van der Waals surface area contributed by atoms with E-state index in [1.165, 1.54) is 0 Å². The van der Waals surface area contributed by atoms with E-state index in [-0.39, 0.29) is 16.8 Å². The van der Waals surface area contributed by atoms with E-state index in [1.807, 2.05) is 0 Å². The quantitative estimate of drug-likeness (QED) is 0.347. The fraction of sp³-hybridized carbons (Fsp3) is 0. The van der Waals surface area contributed by atoms with Crippen molar-refractivity contribution in [2.24, 2.45) is 0 Å². The Bertz CT molecular complexity index is 76.5. The summed E-state index contributed by atoms with van der Waals surface area (Å²) in [4.78, 5) is 0. The first-order valence-corrected chi connectivity index (χ1v) is 2.31. The molecule has 0 aromatic rings. The van der Waals surface area contributed by atoms with Crippen molar-refractivity contribution in [1.82, 2.24) is 0 Å². The molecule has 0 unspecified atom stereocenters. The maximum atomic E-state index is 9.77. The minimum absolute atomic E-state index is 0. The molecule has 0 aromatic carbocycles. The van der Waals surface area contributed by atoms with Crippen LogP contribution in [-0.2, 0) is 30.7 Å². The van der Waals surface area contributed by atoms with Crippen LogP contribution < -0.4 is 0 Å². The number of hydrogen-bond donors (Lipinski definition) is 0. The molecule has 0 fully saturated rings. The van der Waals surface area contributed by atoms with Gasteiger partial charge in [-0.15, -0.1) is 0 Å². The van der Waals surface area contributed by atoms with Crippen molar-refractivity contribution in [2.75, 3.05) is 0 Å². The van der Waals surface area contributed by atoms with Crippen LogP contribution in [0.2, 0.25) is 0 Å². The van der Waals surface area contributed by atoms with Gasteiger partial charge in [-0.3, -0.25) is 0 Å². The van der Waals surface area contributed by atoms with Crippen LogP contribution in [0.3, 0.4) is 0 Å². The molecule has 0 heterocycles. The van der Waals surface area contributed by atoms with Crippen LogP contribution in [0.15, 0.2) is 0 Å². The predicted octanol–water partition coefficient (Wildman–Crippen LogP) is 1.74. The van der Waals surface area contributed by atoms with E-state index in [1.54, 1.807) is 0 Å². The molecule has 0 aromatic heterocycles. The minimum atomic E-state index is -4.38. The normalized spacial score (nSPS) is 3.82. The third-order valence-electron chi connectivity index (χ3n) is 0. The van der Waals surface area contributed by atoms with Gasteiger partial charge >= 0.3 is 42.8 Å². The van der Waals surface area contributed by atoms with E-state index in [4.69, 9.17) is 14.0 Å². The van der Waals surface area contributed by atoms with Gasteiger partial charge in [0.25, 0.3) is 0 Å². The minimum Gasteiger partial charge on any atom is 0 e. The first kappa shape index (κ1) is 30.6. The van der Waals surface area contributed by atoms with Gasteiger partial charge in [-0.2, -0.15) is 0 Å². The Morgan fingerprint density at radius 3 is 0.727 bits per heavy atom. The zero-order valence-corrected chi connectivity index (χ0v) is 6.73. The monoisotopic (exact) mass is 232 g/mol. The van der Waals surface area contributed by atoms with E-state index in [2.05, 4.69) is 20.0 Å². The third-order valence-corrected chi connectivity index (χ3v) is 0. The molecule has 0 N–H and O–H groups in total. The van der Waals surface area contributed by atoms with Crippen molar-refractivity contribution in [3.05, 3.63) is 20.0 Å². The van der Waals surface area contributed by atoms with Gasteiger partial charge in [0.1, 0.15) is 0 Å². The Morgan fingerprint density at radius 2 is 0.727 bits per heavy atom. The Kier molecular flexibility index (Phi) is 255. The fourth-order valence-corrected chi connectivity index (χ4v) is 0. The van der Waals surface area contributed by atoms with Gasteiger partial charge < -0.3 is 0 Å². The molecule has 1 radical (unpaired) electrons. The molecule has 0 atom stereocenters. The average Bonchev–Trinajstić information content (AvgIpc) is 1.98. The van der Waals surface area contributed by atoms with Crippen LogP contribution in [0.4, 0.5) is 12.6 Å². The Labute approximate surface area is 72.8 Å². The van der Waals surface area contributed by atoms with E-state index in [9.17, 15) is 12.6 Å². The van der Waals surface area contributed by atoms with Crippen LogP contribution in [0, 0.1) is 20.0 Å². The van der Waals surface area contributed by atoms with Crippen LogP contribution in [0.25, 0.3) is 0 Å². The summed E-state index contributed by atoms with van der Waals surface area (Å²) >= 11 is 0. The summed E-state index contributed by atoms with van der Waals surface area (Å²) in [5.41, 5.74) is 0. The Hall–Kier alpha value is -0.0535. The first-order chi connectivity index (χ1) is 4.73. The van der Waals surface area contributed by atoms with E-state index in [0.717, 1.165) is 0 Å².